The molecule has 1 saturated heterocycles. The number of likely N-dealkylation sites (tertiary alicyclic amines) is 1. The van der Waals surface area contributed by atoms with Gasteiger partial charge >= 0.3 is 0 Å². The highest BCUT2D eigenvalue weighted by atomic mass is 16.2. The van der Waals surface area contributed by atoms with Crippen LogP contribution in [0, 0.1) is 17.8 Å². The zero-order valence-electron chi connectivity index (χ0n) is 11.4. The van der Waals surface area contributed by atoms with Crippen molar-refractivity contribution in [2.45, 2.75) is 58.5 Å². The van der Waals surface area contributed by atoms with E-state index in [9.17, 15) is 4.79 Å². The highest BCUT2D eigenvalue weighted by Gasteiger charge is 2.38. The minimum atomic E-state index is 0.225. The molecule has 1 amide bonds. The maximum Gasteiger partial charge on any atom is 0.226 e. The fourth-order valence-corrected chi connectivity index (χ4v) is 3.62. The van der Waals surface area contributed by atoms with E-state index in [1.165, 1.54) is 0 Å². The summed E-state index contributed by atoms with van der Waals surface area (Å²) in [5, 5.41) is 0. The summed E-state index contributed by atoms with van der Waals surface area (Å²) in [6, 6.07) is 0.740. The van der Waals surface area contributed by atoms with Crippen LogP contribution in [0.2, 0.25) is 0 Å². The van der Waals surface area contributed by atoms with E-state index < -0.39 is 0 Å². The molecule has 2 N–H and O–H groups in total. The summed E-state index contributed by atoms with van der Waals surface area (Å²) < 4.78 is 0. The second-order valence-electron chi connectivity index (χ2n) is 6.34. The quantitative estimate of drug-likeness (QED) is 0.759. The first-order valence-corrected chi connectivity index (χ1v) is 7.05. The number of hydrogen-bond acceptors (Lipinski definition) is 2. The van der Waals surface area contributed by atoms with Crippen LogP contribution in [0.3, 0.4) is 0 Å². The Kier molecular flexibility index (Phi) is 3.76. The van der Waals surface area contributed by atoms with Crippen molar-refractivity contribution in [3.8, 4) is 0 Å². The van der Waals surface area contributed by atoms with Crippen LogP contribution in [0.1, 0.15) is 46.5 Å². The second kappa shape index (κ2) is 4.97. The van der Waals surface area contributed by atoms with Crippen LogP contribution < -0.4 is 5.73 Å². The van der Waals surface area contributed by atoms with E-state index in [0.717, 1.165) is 32.2 Å². The molecule has 0 aromatic heterocycles. The van der Waals surface area contributed by atoms with Gasteiger partial charge in [-0.1, -0.05) is 13.8 Å². The van der Waals surface area contributed by atoms with Crippen molar-refractivity contribution in [2.75, 3.05) is 6.54 Å². The Hall–Kier alpha value is -0.570. The molecule has 0 aromatic rings. The molecule has 0 radical (unpaired) electrons. The molecule has 1 aliphatic carbocycles. The van der Waals surface area contributed by atoms with E-state index in [2.05, 4.69) is 25.7 Å². The number of hydrogen-bond donors (Lipinski definition) is 1. The third-order valence-corrected chi connectivity index (χ3v) is 4.59. The van der Waals surface area contributed by atoms with Gasteiger partial charge in [0.05, 0.1) is 0 Å². The van der Waals surface area contributed by atoms with E-state index in [1.54, 1.807) is 0 Å². The minimum Gasteiger partial charge on any atom is -0.339 e. The maximum absolute atomic E-state index is 12.6. The molecule has 3 nitrogen and oxygen atoms in total. The molecule has 0 bridgehead atoms. The lowest BCUT2D eigenvalue weighted by Crippen LogP contribution is -2.44. The smallest absolute Gasteiger partial charge is 0.226 e. The Balaban J connectivity index is 2.00. The van der Waals surface area contributed by atoms with Crippen LogP contribution in [0.4, 0.5) is 0 Å². The topological polar surface area (TPSA) is 46.3 Å². The van der Waals surface area contributed by atoms with Gasteiger partial charge in [0, 0.05) is 24.5 Å². The highest BCUT2D eigenvalue weighted by molar-refractivity contribution is 5.79. The summed E-state index contributed by atoms with van der Waals surface area (Å²) in [4.78, 5) is 14.7. The molecule has 1 aliphatic heterocycles. The Bertz CT molecular complexity index is 292. The monoisotopic (exact) mass is 238 g/mol. The summed E-state index contributed by atoms with van der Waals surface area (Å²) in [6.45, 7) is 7.56. The molecule has 1 heterocycles. The number of nitrogens with zero attached hydrogens (tertiary/aromatic N) is 1. The van der Waals surface area contributed by atoms with Crippen molar-refractivity contribution in [3.63, 3.8) is 0 Å². The van der Waals surface area contributed by atoms with E-state index in [4.69, 9.17) is 5.73 Å². The van der Waals surface area contributed by atoms with Crippen molar-refractivity contribution in [3.05, 3.63) is 0 Å². The third-order valence-electron chi connectivity index (χ3n) is 4.59. The first-order valence-electron chi connectivity index (χ1n) is 7.05. The molecule has 17 heavy (non-hydrogen) atoms. The zero-order chi connectivity index (χ0) is 12.6. The van der Waals surface area contributed by atoms with Crippen LogP contribution in [0.15, 0.2) is 0 Å². The van der Waals surface area contributed by atoms with Crippen molar-refractivity contribution < 1.29 is 4.79 Å². The third kappa shape index (κ3) is 2.65. The zero-order valence-corrected chi connectivity index (χ0v) is 11.4. The summed E-state index contributed by atoms with van der Waals surface area (Å²) >= 11 is 0. The van der Waals surface area contributed by atoms with Crippen molar-refractivity contribution >= 4 is 5.91 Å². The number of rotatable bonds is 1. The van der Waals surface area contributed by atoms with E-state index in [-0.39, 0.29) is 5.92 Å². The molecule has 98 valence electrons. The minimum absolute atomic E-state index is 0.225. The van der Waals surface area contributed by atoms with Gasteiger partial charge in [0.1, 0.15) is 0 Å². The number of carbonyl (C=O) groups is 1. The predicted molar refractivity (Wildman–Crippen MR) is 69.4 cm³/mol. The highest BCUT2D eigenvalue weighted by Crippen LogP contribution is 2.33. The van der Waals surface area contributed by atoms with Gasteiger partial charge in [0.15, 0.2) is 0 Å². The average Bonchev–Trinajstić information content (AvgIpc) is 2.57. The molecule has 0 aromatic carbocycles. The summed E-state index contributed by atoms with van der Waals surface area (Å²) in [6.07, 6.45) is 4.16. The van der Waals surface area contributed by atoms with Gasteiger partial charge in [-0.15, -0.1) is 0 Å². The van der Waals surface area contributed by atoms with Gasteiger partial charge < -0.3 is 10.6 Å². The van der Waals surface area contributed by atoms with Crippen molar-refractivity contribution in [1.29, 1.82) is 0 Å². The molecular formula is C14H26N2O. The van der Waals surface area contributed by atoms with Gasteiger partial charge in [-0.3, -0.25) is 4.79 Å². The van der Waals surface area contributed by atoms with Gasteiger partial charge in [-0.05, 0) is 44.4 Å². The number of amides is 1. The van der Waals surface area contributed by atoms with Crippen LogP contribution in [0.25, 0.3) is 0 Å². The number of carbonyl (C=O) groups excluding carboxylic acids is 1. The van der Waals surface area contributed by atoms with Gasteiger partial charge in [-0.25, -0.2) is 0 Å². The Morgan fingerprint density at radius 2 is 1.88 bits per heavy atom. The van der Waals surface area contributed by atoms with E-state index >= 15 is 0 Å². The summed E-state index contributed by atoms with van der Waals surface area (Å²) in [5.41, 5.74) is 5.97. The molecule has 1 saturated carbocycles. The molecular weight excluding hydrogens is 212 g/mol. The van der Waals surface area contributed by atoms with Gasteiger partial charge in [0.2, 0.25) is 5.91 Å². The van der Waals surface area contributed by atoms with E-state index in [0.29, 0.717) is 29.8 Å². The van der Waals surface area contributed by atoms with Crippen LogP contribution in [-0.4, -0.2) is 29.4 Å². The largest absolute Gasteiger partial charge is 0.339 e. The maximum atomic E-state index is 12.6. The molecule has 5 unspecified atom stereocenters. The lowest BCUT2D eigenvalue weighted by molar-refractivity contribution is -0.139. The van der Waals surface area contributed by atoms with Crippen LogP contribution in [-0.2, 0) is 4.79 Å². The number of nitrogens with two attached hydrogens (primary N) is 1. The summed E-state index contributed by atoms with van der Waals surface area (Å²) in [5.74, 6) is 1.73. The Labute approximate surface area is 105 Å². The van der Waals surface area contributed by atoms with E-state index in [1.807, 2.05) is 0 Å². The van der Waals surface area contributed by atoms with Gasteiger partial charge in [-0.2, -0.15) is 0 Å². The lowest BCUT2D eigenvalue weighted by atomic mass is 9.77. The van der Waals surface area contributed by atoms with Crippen LogP contribution >= 0.6 is 0 Å². The lowest BCUT2D eigenvalue weighted by Gasteiger charge is -2.35. The van der Waals surface area contributed by atoms with Crippen molar-refractivity contribution in [2.24, 2.45) is 23.5 Å². The molecule has 3 heteroatoms. The fourth-order valence-electron chi connectivity index (χ4n) is 3.62. The molecule has 2 aliphatic rings. The molecule has 2 rings (SSSR count). The normalized spacial score (nSPS) is 42.8. The SMILES string of the molecule is CC1CC(C)N(C(=O)C2CCC(N)CC2C)C1. The second-order valence-corrected chi connectivity index (χ2v) is 6.34. The standard InChI is InChI=1S/C14H26N2O/c1-9-6-11(3)16(8-9)14(17)13-5-4-12(15)7-10(13)2/h9-13H,4-8,15H2,1-3H3. The fraction of sp³-hybridized carbons (Fsp3) is 0.929. The molecule has 0 spiro atoms. The molecule has 2 fully saturated rings. The van der Waals surface area contributed by atoms with Gasteiger partial charge in [0.25, 0.3) is 0 Å². The summed E-state index contributed by atoms with van der Waals surface area (Å²) in [7, 11) is 0. The van der Waals surface area contributed by atoms with Crippen LogP contribution in [0.5, 0.6) is 0 Å². The first kappa shape index (κ1) is 12.9. The Morgan fingerprint density at radius 3 is 2.41 bits per heavy atom. The predicted octanol–water partition coefficient (Wildman–Crippen LogP) is 2.01. The van der Waals surface area contributed by atoms with Crippen molar-refractivity contribution in [1.82, 2.24) is 4.90 Å². The molecule has 5 atom stereocenters. The Morgan fingerprint density at radius 1 is 1.18 bits per heavy atom. The first-order chi connectivity index (χ1) is 7.99. The average molecular weight is 238 g/mol.